The number of rotatable bonds is 5. The molecule has 0 radical (unpaired) electrons. The van der Waals surface area contributed by atoms with Crippen LogP contribution in [0.15, 0.2) is 18.2 Å². The summed E-state index contributed by atoms with van der Waals surface area (Å²) in [5.74, 6) is -0.969. The van der Waals surface area contributed by atoms with E-state index >= 15 is 0 Å². The maximum Gasteiger partial charge on any atom is 0.254 e. The zero-order valence-electron chi connectivity index (χ0n) is 10.4. The molecule has 18 heavy (non-hydrogen) atoms. The summed E-state index contributed by atoms with van der Waals surface area (Å²) < 4.78 is 13.4. The normalized spacial score (nSPS) is 14.1. The first kappa shape index (κ1) is 14.9. The molecule has 2 atom stereocenters. The fourth-order valence-corrected chi connectivity index (χ4v) is 1.87. The van der Waals surface area contributed by atoms with Gasteiger partial charge in [0.1, 0.15) is 5.82 Å². The molecule has 1 aromatic rings. The van der Waals surface area contributed by atoms with Crippen molar-refractivity contribution in [3.8, 4) is 0 Å². The number of benzene rings is 1. The van der Waals surface area contributed by atoms with Crippen molar-refractivity contribution in [3.63, 3.8) is 0 Å². The van der Waals surface area contributed by atoms with Crippen LogP contribution < -0.4 is 5.32 Å². The van der Waals surface area contributed by atoms with Crippen molar-refractivity contribution in [3.05, 3.63) is 34.6 Å². The van der Waals surface area contributed by atoms with E-state index in [4.69, 9.17) is 11.6 Å². The number of hydrogen-bond acceptors (Lipinski definition) is 2. The monoisotopic (exact) mass is 273 g/mol. The molecule has 1 aromatic carbocycles. The predicted molar refractivity (Wildman–Crippen MR) is 69.2 cm³/mol. The second-order valence-corrected chi connectivity index (χ2v) is 4.96. The average Bonchev–Trinajstić information content (AvgIpc) is 2.28. The quantitative estimate of drug-likeness (QED) is 0.866. The third-order valence-electron chi connectivity index (χ3n) is 2.53. The molecule has 1 amide bonds. The molecule has 1 rings (SSSR count). The number of amides is 1. The van der Waals surface area contributed by atoms with Crippen LogP contribution in [0, 0.1) is 11.7 Å². The van der Waals surface area contributed by atoms with Crippen molar-refractivity contribution in [2.75, 3.05) is 6.54 Å². The topological polar surface area (TPSA) is 49.3 Å². The number of hydrogen-bond donors (Lipinski definition) is 2. The van der Waals surface area contributed by atoms with E-state index in [0.717, 1.165) is 6.07 Å². The Kier molecular flexibility index (Phi) is 5.56. The Morgan fingerprint density at radius 3 is 2.78 bits per heavy atom. The molecule has 0 fully saturated rings. The minimum atomic E-state index is -0.597. The lowest BCUT2D eigenvalue weighted by Crippen LogP contribution is -2.30. The second-order valence-electron chi connectivity index (χ2n) is 4.52. The molecule has 0 bridgehead atoms. The third kappa shape index (κ3) is 4.63. The molecular formula is C13H17ClFNO2. The summed E-state index contributed by atoms with van der Waals surface area (Å²) in [5.41, 5.74) is -0.0632. The van der Waals surface area contributed by atoms with Gasteiger partial charge in [0.25, 0.3) is 5.91 Å². The average molecular weight is 274 g/mol. The highest BCUT2D eigenvalue weighted by Gasteiger charge is 2.13. The lowest BCUT2D eigenvalue weighted by atomic mass is 10.0. The number of carbonyl (C=O) groups excluding carboxylic acids is 1. The Labute approximate surface area is 111 Å². The zero-order chi connectivity index (χ0) is 13.7. The Balaban J connectivity index is 2.58. The van der Waals surface area contributed by atoms with E-state index in [-0.39, 0.29) is 11.5 Å². The molecule has 0 aliphatic rings. The van der Waals surface area contributed by atoms with Crippen LogP contribution in [0.1, 0.15) is 30.6 Å². The third-order valence-corrected chi connectivity index (χ3v) is 2.76. The highest BCUT2D eigenvalue weighted by atomic mass is 35.5. The van der Waals surface area contributed by atoms with Gasteiger partial charge in [-0.1, -0.05) is 18.5 Å². The summed E-state index contributed by atoms with van der Waals surface area (Å²) in [6.07, 6.45) is 0.165. The van der Waals surface area contributed by atoms with E-state index in [9.17, 15) is 14.3 Å². The summed E-state index contributed by atoms with van der Waals surface area (Å²) in [6.45, 7) is 3.98. The van der Waals surface area contributed by atoms with Crippen LogP contribution in [0.25, 0.3) is 0 Å². The largest absolute Gasteiger partial charge is 0.393 e. The van der Waals surface area contributed by atoms with E-state index in [2.05, 4.69) is 5.32 Å². The van der Waals surface area contributed by atoms with Crippen molar-refractivity contribution in [2.24, 2.45) is 5.92 Å². The highest BCUT2D eigenvalue weighted by molar-refractivity contribution is 6.30. The van der Waals surface area contributed by atoms with Gasteiger partial charge in [0.05, 0.1) is 11.7 Å². The summed E-state index contributed by atoms with van der Waals surface area (Å²) >= 11 is 5.71. The lowest BCUT2D eigenvalue weighted by Gasteiger charge is -2.14. The molecular weight excluding hydrogens is 257 g/mol. The van der Waals surface area contributed by atoms with Crippen LogP contribution in [0.5, 0.6) is 0 Å². The van der Waals surface area contributed by atoms with Gasteiger partial charge in [0.2, 0.25) is 0 Å². The Bertz CT molecular complexity index is 423. The number of carbonyl (C=O) groups is 1. The fourth-order valence-electron chi connectivity index (χ4n) is 1.70. The van der Waals surface area contributed by atoms with Crippen molar-refractivity contribution >= 4 is 17.5 Å². The van der Waals surface area contributed by atoms with Crippen LogP contribution in [0.4, 0.5) is 4.39 Å². The van der Waals surface area contributed by atoms with Crippen LogP contribution in [0.3, 0.4) is 0 Å². The Morgan fingerprint density at radius 1 is 1.50 bits per heavy atom. The number of nitrogens with one attached hydrogen (secondary N) is 1. The molecule has 2 N–H and O–H groups in total. The van der Waals surface area contributed by atoms with Crippen LogP contribution in [0.2, 0.25) is 5.02 Å². The first-order chi connectivity index (χ1) is 8.40. The minimum Gasteiger partial charge on any atom is -0.393 e. The SMILES string of the molecule is CC(O)CC(C)CNC(=O)c1cc(Cl)ccc1F. The van der Waals surface area contributed by atoms with Gasteiger partial charge in [-0.15, -0.1) is 0 Å². The molecule has 0 saturated heterocycles. The molecule has 2 unspecified atom stereocenters. The standard InChI is InChI=1S/C13H17ClFNO2/c1-8(5-9(2)17)7-16-13(18)11-6-10(14)3-4-12(11)15/h3-4,6,8-9,17H,5,7H2,1-2H3,(H,16,18). The maximum absolute atomic E-state index is 13.4. The summed E-state index contributed by atoms with van der Waals surface area (Å²) in [5, 5.41) is 12.1. The van der Waals surface area contributed by atoms with E-state index in [1.165, 1.54) is 12.1 Å². The molecule has 0 heterocycles. The number of aliphatic hydroxyl groups is 1. The van der Waals surface area contributed by atoms with Crippen LogP contribution in [-0.2, 0) is 0 Å². The van der Waals surface area contributed by atoms with E-state index < -0.39 is 17.8 Å². The molecule has 3 nitrogen and oxygen atoms in total. The molecule has 100 valence electrons. The predicted octanol–water partition coefficient (Wildman–Crippen LogP) is 2.62. The van der Waals surface area contributed by atoms with E-state index in [0.29, 0.717) is 18.0 Å². The van der Waals surface area contributed by atoms with Gasteiger partial charge in [-0.3, -0.25) is 4.79 Å². The van der Waals surface area contributed by atoms with Gasteiger partial charge in [0.15, 0.2) is 0 Å². The molecule has 5 heteroatoms. The molecule has 0 aliphatic heterocycles. The number of halogens is 2. The maximum atomic E-state index is 13.4. The smallest absolute Gasteiger partial charge is 0.254 e. The minimum absolute atomic E-state index is 0.0632. The highest BCUT2D eigenvalue weighted by Crippen LogP contribution is 2.15. The Hall–Kier alpha value is -1.13. The van der Waals surface area contributed by atoms with Gasteiger partial charge in [0, 0.05) is 11.6 Å². The van der Waals surface area contributed by atoms with Gasteiger partial charge >= 0.3 is 0 Å². The van der Waals surface area contributed by atoms with Crippen molar-refractivity contribution in [1.82, 2.24) is 5.32 Å². The van der Waals surface area contributed by atoms with Gasteiger partial charge in [-0.25, -0.2) is 4.39 Å². The summed E-state index contributed by atoms with van der Waals surface area (Å²) in [6, 6.07) is 3.85. The first-order valence-electron chi connectivity index (χ1n) is 5.81. The van der Waals surface area contributed by atoms with Crippen LogP contribution >= 0.6 is 11.6 Å². The molecule has 0 aliphatic carbocycles. The molecule has 0 aromatic heterocycles. The van der Waals surface area contributed by atoms with Crippen molar-refractivity contribution in [1.29, 1.82) is 0 Å². The first-order valence-corrected chi connectivity index (χ1v) is 6.19. The Morgan fingerprint density at radius 2 is 2.17 bits per heavy atom. The van der Waals surface area contributed by atoms with Crippen molar-refractivity contribution < 1.29 is 14.3 Å². The summed E-state index contributed by atoms with van der Waals surface area (Å²) in [7, 11) is 0. The molecule has 0 saturated carbocycles. The fraction of sp³-hybridized carbons (Fsp3) is 0.462. The van der Waals surface area contributed by atoms with Crippen LogP contribution in [-0.4, -0.2) is 23.7 Å². The van der Waals surface area contributed by atoms with Crippen molar-refractivity contribution in [2.45, 2.75) is 26.4 Å². The van der Waals surface area contributed by atoms with Gasteiger partial charge in [-0.2, -0.15) is 0 Å². The van der Waals surface area contributed by atoms with Gasteiger partial charge < -0.3 is 10.4 Å². The van der Waals surface area contributed by atoms with Gasteiger partial charge in [-0.05, 0) is 37.5 Å². The summed E-state index contributed by atoms with van der Waals surface area (Å²) in [4.78, 5) is 11.7. The lowest BCUT2D eigenvalue weighted by molar-refractivity contribution is 0.0935. The zero-order valence-corrected chi connectivity index (χ0v) is 11.2. The van der Waals surface area contributed by atoms with E-state index in [1.54, 1.807) is 6.92 Å². The second kappa shape index (κ2) is 6.71. The number of aliphatic hydroxyl groups excluding tert-OH is 1. The molecule has 0 spiro atoms. The van der Waals surface area contributed by atoms with E-state index in [1.807, 2.05) is 6.92 Å².